The number of benzene rings is 1. The van der Waals surface area contributed by atoms with E-state index < -0.39 is 0 Å². The van der Waals surface area contributed by atoms with Crippen LogP contribution in [-0.4, -0.2) is 45.9 Å². The lowest BCUT2D eigenvalue weighted by Gasteiger charge is -2.35. The molecule has 2 nitrogen and oxygen atoms in total. The molecule has 0 amide bonds. The maximum atomic E-state index is 9.38. The molecule has 20 heavy (non-hydrogen) atoms. The average molecular weight is 287 g/mol. The van der Waals surface area contributed by atoms with Crippen LogP contribution in [0.5, 0.6) is 5.75 Å². The molecule has 2 rings (SSSR count). The van der Waals surface area contributed by atoms with Crippen LogP contribution >= 0.6 is 0 Å². The number of phenolic OH excluding ortho intramolecular Hbond substituents is 1. The lowest BCUT2D eigenvalue weighted by atomic mass is 9.87. The smallest absolute Gasteiger partial charge is 0.118 e. The molecule has 0 aliphatic carbocycles. The summed E-state index contributed by atoms with van der Waals surface area (Å²) in [6.45, 7) is 8.34. The number of aromatic hydroxyl groups is 1. The second kappa shape index (κ2) is 7.50. The quantitative estimate of drug-likeness (QED) is 0.839. The maximum Gasteiger partial charge on any atom is 0.118 e. The summed E-state index contributed by atoms with van der Waals surface area (Å²) in [6, 6.07) is 7.69. The van der Waals surface area contributed by atoms with Gasteiger partial charge in [0.15, 0.2) is 0 Å². The molecular formula is C17H26AlNO. The largest absolute Gasteiger partial charge is 0.508 e. The third kappa shape index (κ3) is 4.25. The Labute approximate surface area is 131 Å². The summed E-state index contributed by atoms with van der Waals surface area (Å²) in [5.74, 6) is 2.45. The van der Waals surface area contributed by atoms with Gasteiger partial charge in [0.25, 0.3) is 0 Å². The lowest BCUT2D eigenvalue weighted by Crippen LogP contribution is -2.37. The van der Waals surface area contributed by atoms with Gasteiger partial charge in [-0.1, -0.05) is 31.9 Å². The maximum absolute atomic E-state index is 9.38. The van der Waals surface area contributed by atoms with Gasteiger partial charge in [0.2, 0.25) is 0 Å². The summed E-state index contributed by atoms with van der Waals surface area (Å²) < 4.78 is 0. The van der Waals surface area contributed by atoms with E-state index in [9.17, 15) is 5.11 Å². The highest BCUT2D eigenvalue weighted by Gasteiger charge is 2.21. The van der Waals surface area contributed by atoms with Crippen LogP contribution in [0.2, 0.25) is 5.28 Å². The number of phenols is 1. The molecule has 1 saturated heterocycles. The summed E-state index contributed by atoms with van der Waals surface area (Å²) in [5.41, 5.74) is 1.33. The van der Waals surface area contributed by atoms with Crippen LogP contribution in [-0.2, 0) is 0 Å². The van der Waals surface area contributed by atoms with Crippen LogP contribution in [0.25, 0.3) is 0 Å². The van der Waals surface area contributed by atoms with Gasteiger partial charge in [-0.15, -0.1) is 5.28 Å². The van der Waals surface area contributed by atoms with Gasteiger partial charge in [-0.3, -0.25) is 0 Å². The predicted molar refractivity (Wildman–Crippen MR) is 85.4 cm³/mol. The monoisotopic (exact) mass is 287 g/mol. The fraction of sp³-hybridized carbons (Fsp3) is 0.647. The number of rotatable bonds is 5. The molecule has 0 aromatic heterocycles. The zero-order valence-electron chi connectivity index (χ0n) is 12.8. The predicted octanol–water partition coefficient (Wildman–Crippen LogP) is 3.43. The molecule has 1 aromatic rings. The molecular weight excluding hydrogens is 261 g/mol. The van der Waals surface area contributed by atoms with E-state index in [-0.39, 0.29) is 0 Å². The van der Waals surface area contributed by atoms with Crippen molar-refractivity contribution in [1.29, 1.82) is 0 Å². The number of likely N-dealkylation sites (tertiary alicyclic amines) is 1. The summed E-state index contributed by atoms with van der Waals surface area (Å²) >= 11 is 2.89. The summed E-state index contributed by atoms with van der Waals surface area (Å²) in [4.78, 5) is 2.62. The highest BCUT2D eigenvalue weighted by atomic mass is 27.0. The summed E-state index contributed by atoms with van der Waals surface area (Å²) in [7, 11) is 0. The first-order chi connectivity index (χ1) is 9.60. The molecule has 1 heterocycles. The molecule has 2 radical (unpaired) electrons. The summed E-state index contributed by atoms with van der Waals surface area (Å²) in [6.07, 6.45) is 2.70. The van der Waals surface area contributed by atoms with Crippen molar-refractivity contribution in [2.24, 2.45) is 11.8 Å². The molecule has 0 spiro atoms. The molecule has 2 atom stereocenters. The summed E-state index contributed by atoms with van der Waals surface area (Å²) in [5, 5.41) is 10.6. The molecule has 3 heteroatoms. The van der Waals surface area contributed by atoms with Crippen molar-refractivity contribution in [2.45, 2.75) is 37.9 Å². The fourth-order valence-corrected chi connectivity index (χ4v) is 3.55. The number of hydrogen-bond acceptors (Lipinski definition) is 2. The van der Waals surface area contributed by atoms with E-state index in [1.165, 1.54) is 43.3 Å². The van der Waals surface area contributed by atoms with E-state index in [2.05, 4.69) is 47.2 Å². The first-order valence-corrected chi connectivity index (χ1v) is 8.63. The van der Waals surface area contributed by atoms with Crippen molar-refractivity contribution in [1.82, 2.24) is 4.90 Å². The van der Waals surface area contributed by atoms with Crippen LogP contribution in [0.3, 0.4) is 0 Å². The van der Waals surface area contributed by atoms with Crippen LogP contribution in [0.1, 0.15) is 38.2 Å². The van der Waals surface area contributed by atoms with E-state index in [0.717, 1.165) is 5.92 Å². The number of hydrogen-bond donors (Lipinski definition) is 1. The molecule has 0 bridgehead atoms. The van der Waals surface area contributed by atoms with E-state index in [0.29, 0.717) is 17.6 Å². The average Bonchev–Trinajstić information content (AvgIpc) is 2.48. The first kappa shape index (κ1) is 15.9. The van der Waals surface area contributed by atoms with Gasteiger partial charge in [-0.25, -0.2) is 0 Å². The van der Waals surface area contributed by atoms with Gasteiger partial charge in [0.1, 0.15) is 22.0 Å². The molecule has 108 valence electrons. The van der Waals surface area contributed by atoms with Crippen molar-refractivity contribution < 1.29 is 5.11 Å². The molecule has 1 aliphatic heterocycles. The third-order valence-electron chi connectivity index (χ3n) is 4.86. The Balaban J connectivity index is 1.85. The first-order valence-electron chi connectivity index (χ1n) is 7.81. The molecule has 0 unspecified atom stereocenters. The van der Waals surface area contributed by atoms with Crippen LogP contribution < -0.4 is 0 Å². The Morgan fingerprint density at radius 1 is 1.20 bits per heavy atom. The van der Waals surface area contributed by atoms with E-state index in [1.54, 1.807) is 12.1 Å². The van der Waals surface area contributed by atoms with Crippen molar-refractivity contribution in [3.8, 4) is 5.75 Å². The van der Waals surface area contributed by atoms with Gasteiger partial charge in [-0.2, -0.15) is 0 Å². The van der Waals surface area contributed by atoms with Crippen molar-refractivity contribution in [3.63, 3.8) is 0 Å². The zero-order valence-corrected chi connectivity index (χ0v) is 13.9. The van der Waals surface area contributed by atoms with Gasteiger partial charge in [-0.05, 0) is 55.5 Å². The molecule has 1 aromatic carbocycles. The van der Waals surface area contributed by atoms with Crippen LogP contribution in [0, 0.1) is 11.8 Å². The second-order valence-corrected chi connectivity index (χ2v) is 6.81. The minimum atomic E-state index is 0.355. The standard InChI is InChI=1S/C17H26NO.Al/c1-13-8-10-18(11-9-13)12-14(2)15(3)16-4-6-17(19)7-5-16;/h4-7,13-15,19H,1,8-12H2,2-3H3;/t14-,15+;/m0./s1. The number of piperidine rings is 1. The minimum absolute atomic E-state index is 0.355. The Morgan fingerprint density at radius 2 is 1.80 bits per heavy atom. The SMILES string of the molecule is C[C@@H](CN1CCC([CH2][Al])CC1)[C@@H](C)c1ccc(O)cc1. The van der Waals surface area contributed by atoms with Gasteiger partial charge in [0.05, 0.1) is 0 Å². The Morgan fingerprint density at radius 3 is 2.35 bits per heavy atom. The molecule has 1 N–H and O–H groups in total. The lowest BCUT2D eigenvalue weighted by molar-refractivity contribution is 0.164. The highest BCUT2D eigenvalue weighted by molar-refractivity contribution is 6.08. The molecule has 0 saturated carbocycles. The molecule has 1 aliphatic rings. The number of nitrogens with zero attached hydrogens (tertiary/aromatic N) is 1. The topological polar surface area (TPSA) is 23.5 Å². The van der Waals surface area contributed by atoms with E-state index in [1.807, 2.05) is 0 Å². The Kier molecular flexibility index (Phi) is 5.96. The van der Waals surface area contributed by atoms with Gasteiger partial charge < -0.3 is 10.0 Å². The molecule has 1 fully saturated rings. The van der Waals surface area contributed by atoms with Crippen molar-refractivity contribution >= 4 is 16.3 Å². The second-order valence-electron chi connectivity index (χ2n) is 6.34. The van der Waals surface area contributed by atoms with Crippen LogP contribution in [0.15, 0.2) is 24.3 Å². The third-order valence-corrected chi connectivity index (χ3v) is 5.53. The van der Waals surface area contributed by atoms with Crippen molar-refractivity contribution in [3.05, 3.63) is 29.8 Å². The fourth-order valence-electron chi connectivity index (χ4n) is 3.08. The van der Waals surface area contributed by atoms with Crippen molar-refractivity contribution in [2.75, 3.05) is 19.6 Å². The van der Waals surface area contributed by atoms with Gasteiger partial charge >= 0.3 is 0 Å². The van der Waals surface area contributed by atoms with Gasteiger partial charge in [0, 0.05) is 6.54 Å². The zero-order chi connectivity index (χ0) is 14.5. The van der Waals surface area contributed by atoms with E-state index in [4.69, 9.17) is 0 Å². The normalized spacial score (nSPS) is 20.7. The Hall–Kier alpha value is -0.488. The minimum Gasteiger partial charge on any atom is -0.508 e. The highest BCUT2D eigenvalue weighted by Crippen LogP contribution is 2.28. The Bertz CT molecular complexity index is 398. The van der Waals surface area contributed by atoms with Crippen LogP contribution in [0.4, 0.5) is 0 Å². The van der Waals surface area contributed by atoms with E-state index >= 15 is 0 Å².